The van der Waals surface area contributed by atoms with Gasteiger partial charge in [0.1, 0.15) is 11.4 Å². The van der Waals surface area contributed by atoms with Crippen molar-refractivity contribution in [2.24, 2.45) is 0 Å². The molecule has 2 N–H and O–H groups in total. The largest absolute Gasteiger partial charge is 0.396 e. The van der Waals surface area contributed by atoms with Gasteiger partial charge in [-0.2, -0.15) is 11.3 Å². The summed E-state index contributed by atoms with van der Waals surface area (Å²) in [6.45, 7) is 3.69. The highest BCUT2D eigenvalue weighted by Gasteiger charge is 2.31. The summed E-state index contributed by atoms with van der Waals surface area (Å²) < 4.78 is 1.71. The van der Waals surface area contributed by atoms with Crippen LogP contribution < -0.4 is 5.32 Å². The Morgan fingerprint density at radius 2 is 2.08 bits per heavy atom. The predicted molar refractivity (Wildman–Crippen MR) is 141 cm³/mol. The molecular weight excluding hydrogens is 474 g/mol. The molecule has 1 saturated heterocycles. The first-order chi connectivity index (χ1) is 17.6. The number of nitrogens with zero attached hydrogens (tertiary/aromatic N) is 4. The van der Waals surface area contributed by atoms with Gasteiger partial charge >= 0.3 is 0 Å². The Labute approximate surface area is 214 Å². The van der Waals surface area contributed by atoms with Crippen LogP contribution in [0.5, 0.6) is 0 Å². The number of aliphatic hydroxyl groups excluding tert-OH is 1. The molecule has 0 bridgehead atoms. The van der Waals surface area contributed by atoms with Crippen LogP contribution in [0.25, 0.3) is 16.9 Å². The molecule has 8 nitrogen and oxygen atoms in total. The van der Waals surface area contributed by atoms with Gasteiger partial charge in [0.2, 0.25) is 0 Å². The minimum Gasteiger partial charge on any atom is -0.396 e. The molecule has 5 rings (SSSR count). The number of likely N-dealkylation sites (tertiary alicyclic amines) is 1. The van der Waals surface area contributed by atoms with Gasteiger partial charge in [-0.05, 0) is 48.6 Å². The third kappa shape index (κ3) is 5.32. The summed E-state index contributed by atoms with van der Waals surface area (Å²) in [5.41, 5.74) is 3.87. The zero-order valence-corrected chi connectivity index (χ0v) is 21.4. The van der Waals surface area contributed by atoms with Crippen LogP contribution in [-0.4, -0.2) is 62.9 Å². The van der Waals surface area contributed by atoms with E-state index in [-0.39, 0.29) is 17.7 Å². The molecule has 0 radical (unpaired) electrons. The molecule has 1 aliphatic heterocycles. The summed E-state index contributed by atoms with van der Waals surface area (Å²) >= 11 is 1.54. The third-order valence-corrected chi connectivity index (χ3v) is 6.89. The van der Waals surface area contributed by atoms with Crippen LogP contribution in [0.15, 0.2) is 59.6 Å². The number of pyridine rings is 2. The highest BCUT2D eigenvalue weighted by molar-refractivity contribution is 7.08. The summed E-state index contributed by atoms with van der Waals surface area (Å²) in [5, 5.41) is 14.7. The van der Waals surface area contributed by atoms with Crippen molar-refractivity contribution < 1.29 is 14.7 Å². The lowest BCUT2D eigenvalue weighted by Gasteiger charge is -2.17. The number of amides is 2. The molecule has 36 heavy (non-hydrogen) atoms. The molecule has 0 saturated carbocycles. The third-order valence-electron chi connectivity index (χ3n) is 6.21. The van der Waals surface area contributed by atoms with Crippen LogP contribution in [0.1, 0.15) is 58.6 Å². The normalized spacial score (nSPS) is 15.0. The average molecular weight is 506 g/mol. The molecular formula is C27H31N5O3S. The first-order valence-corrected chi connectivity index (χ1v) is 13.1. The van der Waals surface area contributed by atoms with Crippen molar-refractivity contribution in [3.05, 3.63) is 76.5 Å². The molecule has 4 aromatic heterocycles. The number of thiophene rings is 1. The van der Waals surface area contributed by atoms with E-state index < -0.39 is 0 Å². The zero-order valence-electron chi connectivity index (χ0n) is 20.6. The highest BCUT2D eigenvalue weighted by Crippen LogP contribution is 2.30. The molecule has 0 aromatic carbocycles. The Morgan fingerprint density at radius 3 is 2.72 bits per heavy atom. The Balaban J connectivity index is 0.000000556. The Kier molecular flexibility index (Phi) is 8.45. The van der Waals surface area contributed by atoms with E-state index in [2.05, 4.69) is 17.2 Å². The molecule has 0 spiro atoms. The standard InChI is InChI=1S/C23H21N5O2S.C4H10O/c1-24-22(29)20-19(16-8-12-31-14-16)26-21-17(5-4-10-28(20)21)23(30)27-11-7-15(13-27)18-6-2-3-9-25-18;1-2-3-4-5/h2-6,8-10,12,14-15H,7,11,13H2,1H3,(H,24,29);5H,2-4H2,1H3. The van der Waals surface area contributed by atoms with E-state index in [1.165, 1.54) is 11.3 Å². The van der Waals surface area contributed by atoms with Crippen molar-refractivity contribution >= 4 is 28.8 Å². The van der Waals surface area contributed by atoms with Gasteiger partial charge in [0, 0.05) is 61.7 Å². The SMILES string of the molecule is CCCCO.CNC(=O)c1c(-c2ccsc2)nc2c(C(=O)N3CCC(c4ccccn4)C3)cccn12. The summed E-state index contributed by atoms with van der Waals surface area (Å²) in [6, 6.07) is 11.4. The van der Waals surface area contributed by atoms with Crippen molar-refractivity contribution in [1.29, 1.82) is 0 Å². The minimum atomic E-state index is -0.241. The first-order valence-electron chi connectivity index (χ1n) is 12.2. The maximum Gasteiger partial charge on any atom is 0.270 e. The van der Waals surface area contributed by atoms with Crippen molar-refractivity contribution in [2.75, 3.05) is 26.7 Å². The second-order valence-corrected chi connectivity index (χ2v) is 9.36. The fourth-order valence-electron chi connectivity index (χ4n) is 4.30. The number of carbonyl (C=O) groups excluding carboxylic acids is 2. The number of carbonyl (C=O) groups is 2. The smallest absolute Gasteiger partial charge is 0.270 e. The Morgan fingerprint density at radius 1 is 1.22 bits per heavy atom. The second kappa shape index (κ2) is 11.9. The van der Waals surface area contributed by atoms with Crippen LogP contribution in [0, 0.1) is 0 Å². The van der Waals surface area contributed by atoms with E-state index in [1.54, 1.807) is 36.0 Å². The van der Waals surface area contributed by atoms with E-state index in [0.717, 1.165) is 30.5 Å². The van der Waals surface area contributed by atoms with Gasteiger partial charge in [-0.25, -0.2) is 4.98 Å². The summed E-state index contributed by atoms with van der Waals surface area (Å²) in [6.07, 6.45) is 6.48. The average Bonchev–Trinajstić information content (AvgIpc) is 3.68. The number of hydrogen-bond acceptors (Lipinski definition) is 6. The van der Waals surface area contributed by atoms with Crippen molar-refractivity contribution in [3.63, 3.8) is 0 Å². The van der Waals surface area contributed by atoms with Crippen molar-refractivity contribution in [2.45, 2.75) is 32.1 Å². The van der Waals surface area contributed by atoms with Gasteiger partial charge in [0.25, 0.3) is 11.8 Å². The van der Waals surface area contributed by atoms with E-state index in [0.29, 0.717) is 42.3 Å². The molecule has 1 fully saturated rings. The second-order valence-electron chi connectivity index (χ2n) is 8.58. The minimum absolute atomic E-state index is 0.0747. The molecule has 5 heterocycles. The fraction of sp³-hybridized carbons (Fsp3) is 0.333. The van der Waals surface area contributed by atoms with Gasteiger partial charge in [-0.1, -0.05) is 19.4 Å². The van der Waals surface area contributed by atoms with Crippen LogP contribution >= 0.6 is 11.3 Å². The summed E-state index contributed by atoms with van der Waals surface area (Å²) in [4.78, 5) is 37.2. The number of rotatable bonds is 6. The molecule has 0 aliphatic carbocycles. The summed E-state index contributed by atoms with van der Waals surface area (Å²) in [5.74, 6) is -0.0866. The van der Waals surface area contributed by atoms with Crippen molar-refractivity contribution in [3.8, 4) is 11.3 Å². The van der Waals surface area contributed by atoms with Crippen LogP contribution in [0.2, 0.25) is 0 Å². The molecule has 4 aromatic rings. The fourth-order valence-corrected chi connectivity index (χ4v) is 4.94. The first kappa shape index (κ1) is 25.5. The number of aliphatic hydroxyl groups is 1. The Bertz CT molecular complexity index is 1300. The lowest BCUT2D eigenvalue weighted by Crippen LogP contribution is -2.29. The molecule has 188 valence electrons. The predicted octanol–water partition coefficient (Wildman–Crippen LogP) is 4.23. The lowest BCUT2D eigenvalue weighted by molar-refractivity contribution is 0.0791. The van der Waals surface area contributed by atoms with Gasteiger partial charge in [-0.15, -0.1) is 0 Å². The lowest BCUT2D eigenvalue weighted by atomic mass is 10.0. The van der Waals surface area contributed by atoms with E-state index in [1.807, 2.05) is 39.9 Å². The van der Waals surface area contributed by atoms with Crippen LogP contribution in [-0.2, 0) is 0 Å². The van der Waals surface area contributed by atoms with Crippen LogP contribution in [0.3, 0.4) is 0 Å². The van der Waals surface area contributed by atoms with E-state index in [9.17, 15) is 9.59 Å². The maximum absolute atomic E-state index is 13.4. The monoisotopic (exact) mass is 505 g/mol. The van der Waals surface area contributed by atoms with E-state index >= 15 is 0 Å². The Hall–Kier alpha value is -3.56. The number of nitrogens with one attached hydrogen (secondary N) is 1. The molecule has 1 aliphatic rings. The maximum atomic E-state index is 13.4. The topological polar surface area (TPSA) is 99.8 Å². The van der Waals surface area contributed by atoms with Crippen LogP contribution in [0.4, 0.5) is 0 Å². The van der Waals surface area contributed by atoms with Gasteiger partial charge in [0.15, 0.2) is 5.65 Å². The molecule has 2 amide bonds. The number of aromatic nitrogens is 3. The quantitative estimate of drug-likeness (QED) is 0.409. The van der Waals surface area contributed by atoms with Crippen molar-refractivity contribution in [1.82, 2.24) is 24.6 Å². The number of imidazole rings is 1. The van der Waals surface area contributed by atoms with Gasteiger partial charge in [-0.3, -0.25) is 19.0 Å². The van der Waals surface area contributed by atoms with Gasteiger partial charge in [0.05, 0.1) is 5.56 Å². The number of fused-ring (bicyclic) bond motifs is 1. The molecule has 1 atom stereocenters. The van der Waals surface area contributed by atoms with Gasteiger partial charge < -0.3 is 15.3 Å². The highest BCUT2D eigenvalue weighted by atomic mass is 32.1. The van der Waals surface area contributed by atoms with E-state index in [4.69, 9.17) is 10.1 Å². The molecule has 9 heteroatoms. The zero-order chi connectivity index (χ0) is 25.5. The number of hydrogen-bond donors (Lipinski definition) is 2. The molecule has 1 unspecified atom stereocenters. The number of unbranched alkanes of at least 4 members (excludes halogenated alkanes) is 1. The summed E-state index contributed by atoms with van der Waals surface area (Å²) in [7, 11) is 1.59.